The molecule has 0 aliphatic rings. The molecule has 0 bridgehead atoms. The monoisotopic (exact) mass is 254 g/mol. The Labute approximate surface area is 112 Å². The van der Waals surface area contributed by atoms with Gasteiger partial charge in [-0.05, 0) is 26.1 Å². The van der Waals surface area contributed by atoms with Crippen LogP contribution >= 0.6 is 0 Å². The second kappa shape index (κ2) is 4.55. The van der Waals surface area contributed by atoms with Crippen molar-refractivity contribution >= 4 is 10.9 Å². The Balaban J connectivity index is 2.18. The predicted molar refractivity (Wildman–Crippen MR) is 78.0 cm³/mol. The van der Waals surface area contributed by atoms with Gasteiger partial charge in [-0.25, -0.2) is 0 Å². The molecule has 0 fully saturated rings. The molecule has 0 radical (unpaired) electrons. The van der Waals surface area contributed by atoms with Gasteiger partial charge in [-0.1, -0.05) is 18.2 Å². The van der Waals surface area contributed by atoms with Gasteiger partial charge in [0.15, 0.2) is 0 Å². The van der Waals surface area contributed by atoms with Gasteiger partial charge in [0.25, 0.3) is 0 Å². The molecule has 2 heterocycles. The van der Waals surface area contributed by atoms with E-state index in [0.717, 1.165) is 23.4 Å². The van der Waals surface area contributed by atoms with Crippen LogP contribution in [-0.4, -0.2) is 21.8 Å². The van der Waals surface area contributed by atoms with E-state index in [1.807, 2.05) is 24.8 Å². The summed E-state index contributed by atoms with van der Waals surface area (Å²) in [4.78, 5) is 3.42. The van der Waals surface area contributed by atoms with Gasteiger partial charge in [0.2, 0.25) is 0 Å². The summed E-state index contributed by atoms with van der Waals surface area (Å²) >= 11 is 0. The topological polar surface area (TPSA) is 45.6 Å². The third kappa shape index (κ3) is 1.94. The third-order valence-corrected chi connectivity index (χ3v) is 3.48. The van der Waals surface area contributed by atoms with E-state index in [9.17, 15) is 0 Å². The zero-order valence-corrected chi connectivity index (χ0v) is 11.5. The Morgan fingerprint density at radius 2 is 2.11 bits per heavy atom. The summed E-state index contributed by atoms with van der Waals surface area (Å²) in [5, 5.41) is 9.04. The van der Waals surface area contributed by atoms with Gasteiger partial charge in [0.1, 0.15) is 0 Å². The fourth-order valence-corrected chi connectivity index (χ4v) is 2.58. The molecular weight excluding hydrogens is 236 g/mol. The highest BCUT2D eigenvalue weighted by atomic mass is 15.3. The van der Waals surface area contributed by atoms with E-state index in [1.54, 1.807) is 0 Å². The van der Waals surface area contributed by atoms with Crippen LogP contribution in [0.2, 0.25) is 0 Å². The van der Waals surface area contributed by atoms with Crippen molar-refractivity contribution in [3.63, 3.8) is 0 Å². The molecule has 0 atom stereocenters. The highest BCUT2D eigenvalue weighted by Gasteiger charge is 2.14. The van der Waals surface area contributed by atoms with Crippen molar-refractivity contribution in [3.8, 4) is 11.3 Å². The molecule has 2 aromatic heterocycles. The van der Waals surface area contributed by atoms with Gasteiger partial charge in [-0.3, -0.25) is 4.68 Å². The van der Waals surface area contributed by atoms with Gasteiger partial charge in [-0.2, -0.15) is 5.10 Å². The van der Waals surface area contributed by atoms with Crippen molar-refractivity contribution in [2.45, 2.75) is 13.5 Å². The van der Waals surface area contributed by atoms with Crippen LogP contribution in [0.3, 0.4) is 0 Å². The maximum absolute atomic E-state index is 4.64. The summed E-state index contributed by atoms with van der Waals surface area (Å²) in [6.07, 6.45) is 0. The van der Waals surface area contributed by atoms with E-state index in [4.69, 9.17) is 0 Å². The molecule has 1 aromatic carbocycles. The van der Waals surface area contributed by atoms with Crippen LogP contribution in [0.4, 0.5) is 0 Å². The molecule has 0 saturated carbocycles. The fourth-order valence-electron chi connectivity index (χ4n) is 2.58. The SMILES string of the molecule is CNCc1cc(-c2c(C)[nH]c3ccccc23)nn1C. The van der Waals surface area contributed by atoms with Gasteiger partial charge in [0.05, 0.1) is 11.4 Å². The van der Waals surface area contributed by atoms with Crippen LogP contribution in [0, 0.1) is 6.92 Å². The Kier molecular flexibility index (Phi) is 2.87. The number of nitrogens with one attached hydrogen (secondary N) is 2. The molecule has 4 nitrogen and oxygen atoms in total. The highest BCUT2D eigenvalue weighted by molar-refractivity contribution is 5.96. The summed E-state index contributed by atoms with van der Waals surface area (Å²) in [5.74, 6) is 0. The molecule has 2 N–H and O–H groups in total. The average molecular weight is 254 g/mol. The van der Waals surface area contributed by atoms with Crippen molar-refractivity contribution in [3.05, 3.63) is 41.7 Å². The molecular formula is C15H18N4. The minimum atomic E-state index is 0.824. The van der Waals surface area contributed by atoms with Crippen LogP contribution in [0.5, 0.6) is 0 Å². The lowest BCUT2D eigenvalue weighted by Crippen LogP contribution is -2.09. The van der Waals surface area contributed by atoms with Gasteiger partial charge >= 0.3 is 0 Å². The number of hydrogen-bond donors (Lipinski definition) is 2. The number of hydrogen-bond acceptors (Lipinski definition) is 2. The lowest BCUT2D eigenvalue weighted by molar-refractivity contribution is 0.673. The van der Waals surface area contributed by atoms with Gasteiger partial charge in [0, 0.05) is 35.8 Å². The maximum atomic E-state index is 4.64. The number of rotatable bonds is 3. The summed E-state index contributed by atoms with van der Waals surface area (Å²) in [6, 6.07) is 10.5. The van der Waals surface area contributed by atoms with Crippen molar-refractivity contribution in [1.29, 1.82) is 0 Å². The number of para-hydroxylation sites is 1. The number of benzene rings is 1. The highest BCUT2D eigenvalue weighted by Crippen LogP contribution is 2.31. The first kappa shape index (κ1) is 12.0. The minimum Gasteiger partial charge on any atom is -0.358 e. The number of nitrogens with zero attached hydrogens (tertiary/aromatic N) is 2. The van der Waals surface area contributed by atoms with Gasteiger partial charge in [-0.15, -0.1) is 0 Å². The number of aromatic amines is 1. The van der Waals surface area contributed by atoms with Crippen molar-refractivity contribution in [1.82, 2.24) is 20.1 Å². The summed E-state index contributed by atoms with van der Waals surface area (Å²) in [6.45, 7) is 2.92. The van der Waals surface area contributed by atoms with Crippen LogP contribution < -0.4 is 5.32 Å². The van der Waals surface area contributed by atoms with Crippen LogP contribution in [0.1, 0.15) is 11.4 Å². The lowest BCUT2D eigenvalue weighted by atomic mass is 10.1. The summed E-state index contributed by atoms with van der Waals surface area (Å²) in [5.41, 5.74) is 5.74. The van der Waals surface area contributed by atoms with E-state index in [1.165, 1.54) is 16.6 Å². The van der Waals surface area contributed by atoms with Gasteiger partial charge < -0.3 is 10.3 Å². The molecule has 0 spiro atoms. The predicted octanol–water partition coefficient (Wildman–Crippen LogP) is 2.60. The van der Waals surface area contributed by atoms with Crippen LogP contribution in [0.15, 0.2) is 30.3 Å². The smallest absolute Gasteiger partial charge is 0.0950 e. The van der Waals surface area contributed by atoms with Crippen molar-refractivity contribution in [2.24, 2.45) is 7.05 Å². The summed E-state index contributed by atoms with van der Waals surface area (Å²) in [7, 11) is 3.93. The lowest BCUT2D eigenvalue weighted by Gasteiger charge is -1.97. The Morgan fingerprint density at radius 3 is 2.89 bits per heavy atom. The quantitative estimate of drug-likeness (QED) is 0.754. The number of aryl methyl sites for hydroxylation is 2. The maximum Gasteiger partial charge on any atom is 0.0950 e. The first-order valence-electron chi connectivity index (χ1n) is 6.46. The Hall–Kier alpha value is -2.07. The van der Waals surface area contributed by atoms with Crippen molar-refractivity contribution in [2.75, 3.05) is 7.05 Å². The molecule has 4 heteroatoms. The van der Waals surface area contributed by atoms with E-state index >= 15 is 0 Å². The molecule has 3 aromatic rings. The normalized spacial score (nSPS) is 11.3. The molecule has 0 saturated heterocycles. The molecule has 19 heavy (non-hydrogen) atoms. The van der Waals surface area contributed by atoms with Crippen LogP contribution in [-0.2, 0) is 13.6 Å². The number of aromatic nitrogens is 3. The number of H-pyrrole nitrogens is 1. The Bertz CT molecular complexity index is 721. The molecule has 0 aliphatic carbocycles. The first-order chi connectivity index (χ1) is 9.20. The standard InChI is InChI=1S/C15H18N4/c1-10-15(12-6-4-5-7-13(12)17-10)14-8-11(9-16-2)19(3)18-14/h4-8,16-17H,9H2,1-3H3. The number of fused-ring (bicyclic) bond motifs is 1. The van der Waals surface area contributed by atoms with Crippen molar-refractivity contribution < 1.29 is 0 Å². The fraction of sp³-hybridized carbons (Fsp3) is 0.267. The molecule has 0 amide bonds. The van der Waals surface area contributed by atoms with E-state index in [0.29, 0.717) is 0 Å². The second-order valence-electron chi connectivity index (χ2n) is 4.85. The first-order valence-corrected chi connectivity index (χ1v) is 6.46. The Morgan fingerprint density at radius 1 is 1.32 bits per heavy atom. The molecule has 98 valence electrons. The van der Waals surface area contributed by atoms with Crippen LogP contribution in [0.25, 0.3) is 22.2 Å². The molecule has 0 aliphatic heterocycles. The summed E-state index contributed by atoms with van der Waals surface area (Å²) < 4.78 is 1.94. The molecule has 0 unspecified atom stereocenters. The minimum absolute atomic E-state index is 0.824. The second-order valence-corrected chi connectivity index (χ2v) is 4.85. The third-order valence-electron chi connectivity index (χ3n) is 3.48. The van der Waals surface area contributed by atoms with E-state index < -0.39 is 0 Å². The average Bonchev–Trinajstić information content (AvgIpc) is 2.90. The van der Waals surface area contributed by atoms with E-state index in [2.05, 4.69) is 46.6 Å². The zero-order chi connectivity index (χ0) is 13.4. The zero-order valence-electron chi connectivity index (χ0n) is 11.5. The molecule has 3 rings (SSSR count). The largest absolute Gasteiger partial charge is 0.358 e. The van der Waals surface area contributed by atoms with E-state index in [-0.39, 0.29) is 0 Å².